The first-order valence-corrected chi connectivity index (χ1v) is 7.77. The van der Waals surface area contributed by atoms with Crippen molar-refractivity contribution in [3.63, 3.8) is 0 Å². The van der Waals surface area contributed by atoms with Gasteiger partial charge in [-0.1, -0.05) is 25.7 Å². The van der Waals surface area contributed by atoms with Crippen molar-refractivity contribution in [2.75, 3.05) is 19.0 Å². The second-order valence-electron chi connectivity index (χ2n) is 4.86. The zero-order valence-corrected chi connectivity index (χ0v) is 10.9. The molecule has 2 N–H and O–H groups in total. The molecule has 1 rings (SSSR count). The minimum Gasteiger partial charge on any atom is -0.381 e. The number of ether oxygens (including phenoxy) is 1. The van der Waals surface area contributed by atoms with Gasteiger partial charge in [-0.05, 0) is 19.8 Å². The molecule has 0 aromatic rings. The van der Waals surface area contributed by atoms with Crippen molar-refractivity contribution in [1.29, 1.82) is 0 Å². The van der Waals surface area contributed by atoms with E-state index in [1.807, 2.05) is 6.92 Å². The molecule has 0 aliphatic heterocycles. The first-order chi connectivity index (χ1) is 7.47. The monoisotopic (exact) mass is 249 g/mol. The minimum absolute atomic E-state index is 0.0694. The van der Waals surface area contributed by atoms with Crippen LogP contribution in [0.1, 0.15) is 45.4 Å². The van der Waals surface area contributed by atoms with E-state index in [0.717, 1.165) is 25.7 Å². The Kier molecular flexibility index (Phi) is 5.21. The Hall–Kier alpha value is -0.130. The maximum atomic E-state index is 11.3. The van der Waals surface area contributed by atoms with Crippen LogP contribution < -0.4 is 5.14 Å². The lowest BCUT2D eigenvalue weighted by Gasteiger charge is -2.31. The quantitative estimate of drug-likeness (QED) is 0.753. The van der Waals surface area contributed by atoms with Gasteiger partial charge >= 0.3 is 0 Å². The Bertz CT molecular complexity index is 292. The van der Waals surface area contributed by atoms with Gasteiger partial charge in [0.1, 0.15) is 0 Å². The molecule has 0 atom stereocenters. The highest BCUT2D eigenvalue weighted by Crippen LogP contribution is 2.36. The van der Waals surface area contributed by atoms with E-state index < -0.39 is 10.0 Å². The fourth-order valence-corrected chi connectivity index (χ4v) is 3.78. The second kappa shape index (κ2) is 5.98. The molecule has 0 aromatic heterocycles. The highest BCUT2D eigenvalue weighted by molar-refractivity contribution is 7.89. The number of hydrogen-bond donors (Lipinski definition) is 1. The molecular formula is C11H23NO3S. The van der Waals surface area contributed by atoms with E-state index in [-0.39, 0.29) is 11.2 Å². The molecular weight excluding hydrogens is 226 g/mol. The van der Waals surface area contributed by atoms with Crippen LogP contribution in [-0.4, -0.2) is 27.4 Å². The zero-order valence-electron chi connectivity index (χ0n) is 10.1. The average Bonchev–Trinajstić information content (AvgIpc) is 2.39. The van der Waals surface area contributed by atoms with Crippen LogP contribution in [0.15, 0.2) is 0 Å². The lowest BCUT2D eigenvalue weighted by Crippen LogP contribution is -2.37. The molecule has 0 unspecified atom stereocenters. The third kappa shape index (κ3) is 4.80. The van der Waals surface area contributed by atoms with Crippen molar-refractivity contribution in [1.82, 2.24) is 0 Å². The molecule has 0 saturated heterocycles. The van der Waals surface area contributed by atoms with Gasteiger partial charge in [-0.3, -0.25) is 0 Å². The topological polar surface area (TPSA) is 69.4 Å². The minimum atomic E-state index is -3.41. The highest BCUT2D eigenvalue weighted by Gasteiger charge is 2.34. The van der Waals surface area contributed by atoms with E-state index in [1.165, 1.54) is 12.8 Å². The van der Waals surface area contributed by atoms with E-state index >= 15 is 0 Å². The smallest absolute Gasteiger partial charge is 0.209 e. The summed E-state index contributed by atoms with van der Waals surface area (Å²) in [5.41, 5.74) is -0.236. The summed E-state index contributed by atoms with van der Waals surface area (Å²) in [6.07, 6.45) is 6.40. The summed E-state index contributed by atoms with van der Waals surface area (Å²) in [6, 6.07) is 0. The molecule has 96 valence electrons. The van der Waals surface area contributed by atoms with Crippen molar-refractivity contribution in [3.05, 3.63) is 0 Å². The molecule has 1 fully saturated rings. The Morgan fingerprint density at radius 1 is 1.19 bits per heavy atom. The third-order valence-corrected chi connectivity index (χ3v) is 4.30. The van der Waals surface area contributed by atoms with Crippen LogP contribution in [0.3, 0.4) is 0 Å². The lowest BCUT2D eigenvalue weighted by molar-refractivity contribution is 0.0534. The van der Waals surface area contributed by atoms with Crippen molar-refractivity contribution in [2.24, 2.45) is 10.6 Å². The SMILES string of the molecule is CCOCC1(CS(N)(=O)=O)CCCCCC1. The van der Waals surface area contributed by atoms with Crippen LogP contribution in [0.5, 0.6) is 0 Å². The zero-order chi connectivity index (χ0) is 12.1. The van der Waals surface area contributed by atoms with Gasteiger partial charge in [-0.15, -0.1) is 0 Å². The first kappa shape index (κ1) is 13.9. The van der Waals surface area contributed by atoms with Gasteiger partial charge < -0.3 is 4.74 Å². The fourth-order valence-electron chi connectivity index (χ4n) is 2.55. The Morgan fingerprint density at radius 3 is 2.19 bits per heavy atom. The molecule has 0 radical (unpaired) electrons. The predicted octanol–water partition coefficient (Wildman–Crippen LogP) is 1.65. The van der Waals surface area contributed by atoms with Crippen LogP contribution in [0.25, 0.3) is 0 Å². The molecule has 0 aromatic carbocycles. The van der Waals surface area contributed by atoms with Crippen LogP contribution >= 0.6 is 0 Å². The van der Waals surface area contributed by atoms with Crippen molar-refractivity contribution in [2.45, 2.75) is 45.4 Å². The lowest BCUT2D eigenvalue weighted by atomic mass is 9.83. The summed E-state index contributed by atoms with van der Waals surface area (Å²) >= 11 is 0. The Labute approximate surface area is 98.6 Å². The maximum Gasteiger partial charge on any atom is 0.209 e. The molecule has 0 spiro atoms. The van der Waals surface area contributed by atoms with E-state index in [2.05, 4.69) is 0 Å². The van der Waals surface area contributed by atoms with Gasteiger partial charge in [0.15, 0.2) is 0 Å². The van der Waals surface area contributed by atoms with Gasteiger partial charge in [-0.2, -0.15) is 0 Å². The number of sulfonamides is 1. The van der Waals surface area contributed by atoms with Gasteiger partial charge in [0.05, 0.1) is 12.4 Å². The van der Waals surface area contributed by atoms with Crippen LogP contribution in [0.4, 0.5) is 0 Å². The van der Waals surface area contributed by atoms with Crippen molar-refractivity contribution >= 4 is 10.0 Å². The summed E-state index contributed by atoms with van der Waals surface area (Å²) in [5.74, 6) is 0.0694. The van der Waals surface area contributed by atoms with Gasteiger partial charge in [0, 0.05) is 12.0 Å². The maximum absolute atomic E-state index is 11.3. The summed E-state index contributed by atoms with van der Waals surface area (Å²) in [7, 11) is -3.41. The first-order valence-electron chi connectivity index (χ1n) is 6.06. The van der Waals surface area contributed by atoms with E-state index in [9.17, 15) is 8.42 Å². The van der Waals surface area contributed by atoms with Crippen molar-refractivity contribution < 1.29 is 13.2 Å². The highest BCUT2D eigenvalue weighted by atomic mass is 32.2. The molecule has 1 saturated carbocycles. The van der Waals surface area contributed by atoms with E-state index in [0.29, 0.717) is 13.2 Å². The molecule has 0 bridgehead atoms. The predicted molar refractivity (Wildman–Crippen MR) is 64.6 cm³/mol. The van der Waals surface area contributed by atoms with Crippen LogP contribution in [0.2, 0.25) is 0 Å². The molecule has 16 heavy (non-hydrogen) atoms. The van der Waals surface area contributed by atoms with E-state index in [1.54, 1.807) is 0 Å². The summed E-state index contributed by atoms with van der Waals surface area (Å²) in [4.78, 5) is 0. The Balaban J connectivity index is 2.72. The molecule has 4 nitrogen and oxygen atoms in total. The summed E-state index contributed by atoms with van der Waals surface area (Å²) in [5, 5.41) is 5.19. The number of hydrogen-bond acceptors (Lipinski definition) is 3. The van der Waals surface area contributed by atoms with Gasteiger partial charge in [-0.25, -0.2) is 13.6 Å². The molecule has 0 heterocycles. The number of nitrogens with two attached hydrogens (primary N) is 1. The standard InChI is InChI=1S/C11H23NO3S/c1-2-15-9-11(10-16(12,13)14)7-5-3-4-6-8-11/h2-10H2,1H3,(H2,12,13,14). The van der Waals surface area contributed by atoms with Crippen LogP contribution in [0, 0.1) is 5.41 Å². The molecule has 1 aliphatic carbocycles. The largest absolute Gasteiger partial charge is 0.381 e. The molecule has 5 heteroatoms. The summed E-state index contributed by atoms with van der Waals surface area (Å²) in [6.45, 7) is 3.09. The third-order valence-electron chi connectivity index (χ3n) is 3.28. The molecule has 1 aliphatic rings. The van der Waals surface area contributed by atoms with Crippen molar-refractivity contribution in [3.8, 4) is 0 Å². The van der Waals surface area contributed by atoms with Gasteiger partial charge in [0.25, 0.3) is 0 Å². The fraction of sp³-hybridized carbons (Fsp3) is 1.00. The normalized spacial score (nSPS) is 21.6. The van der Waals surface area contributed by atoms with Gasteiger partial charge in [0.2, 0.25) is 10.0 Å². The molecule has 0 amide bonds. The Morgan fingerprint density at radius 2 is 1.75 bits per heavy atom. The number of rotatable bonds is 5. The number of primary sulfonamides is 1. The second-order valence-corrected chi connectivity index (χ2v) is 6.47. The summed E-state index contributed by atoms with van der Waals surface area (Å²) < 4.78 is 28.1. The van der Waals surface area contributed by atoms with E-state index in [4.69, 9.17) is 9.88 Å². The average molecular weight is 249 g/mol. The van der Waals surface area contributed by atoms with Crippen LogP contribution in [-0.2, 0) is 14.8 Å².